The first-order chi connectivity index (χ1) is 8.68. The van der Waals surface area contributed by atoms with Gasteiger partial charge < -0.3 is 10.0 Å². The number of likely N-dealkylation sites (tertiary alicyclic amines) is 1. The van der Waals surface area contributed by atoms with E-state index in [1.54, 1.807) is 0 Å². The molecule has 1 saturated heterocycles. The van der Waals surface area contributed by atoms with Crippen molar-refractivity contribution in [1.82, 2.24) is 4.90 Å². The van der Waals surface area contributed by atoms with Gasteiger partial charge in [-0.15, -0.1) is 0 Å². The fourth-order valence-corrected chi connectivity index (χ4v) is 2.88. The zero-order valence-corrected chi connectivity index (χ0v) is 11.5. The van der Waals surface area contributed by atoms with Crippen molar-refractivity contribution in [1.29, 1.82) is 0 Å². The lowest BCUT2D eigenvalue weighted by molar-refractivity contribution is 0.0643. The zero-order valence-electron chi connectivity index (χ0n) is 11.5. The molecule has 2 rings (SSSR count). The molecule has 1 aromatic rings. The van der Waals surface area contributed by atoms with E-state index in [4.69, 9.17) is 0 Å². The number of aliphatic hydroxyl groups is 1. The molecule has 18 heavy (non-hydrogen) atoms. The van der Waals surface area contributed by atoms with Gasteiger partial charge in [-0.05, 0) is 37.8 Å². The first-order valence-corrected chi connectivity index (χ1v) is 7.15. The Balaban J connectivity index is 1.93. The largest absolute Gasteiger partial charge is 0.388 e. The van der Waals surface area contributed by atoms with E-state index in [2.05, 4.69) is 18.7 Å². The summed E-state index contributed by atoms with van der Waals surface area (Å²) in [6, 6.07) is 10.7. The van der Waals surface area contributed by atoms with Crippen molar-refractivity contribution in [2.24, 2.45) is 5.92 Å². The third-order valence-corrected chi connectivity index (χ3v) is 4.14. The van der Waals surface area contributed by atoms with Gasteiger partial charge in [0.1, 0.15) is 0 Å². The van der Waals surface area contributed by atoms with Gasteiger partial charge in [-0.1, -0.05) is 43.7 Å². The van der Waals surface area contributed by atoms with Gasteiger partial charge >= 0.3 is 0 Å². The van der Waals surface area contributed by atoms with Crippen LogP contribution >= 0.6 is 0 Å². The maximum atomic E-state index is 10.4. The summed E-state index contributed by atoms with van der Waals surface area (Å²) in [4.78, 5) is 2.53. The maximum absolute atomic E-state index is 10.4. The second-order valence-corrected chi connectivity index (χ2v) is 5.67. The predicted octanol–water partition coefficient (Wildman–Crippen LogP) is 3.23. The highest BCUT2D eigenvalue weighted by atomic mass is 16.3. The van der Waals surface area contributed by atoms with Crippen LogP contribution in [0.3, 0.4) is 0 Å². The second-order valence-electron chi connectivity index (χ2n) is 5.67. The molecule has 1 N–H and O–H groups in total. The van der Waals surface area contributed by atoms with Crippen LogP contribution in [-0.2, 0) is 0 Å². The Morgan fingerprint density at radius 3 is 2.67 bits per heavy atom. The van der Waals surface area contributed by atoms with Gasteiger partial charge in [0.15, 0.2) is 0 Å². The van der Waals surface area contributed by atoms with Crippen molar-refractivity contribution < 1.29 is 5.11 Å². The molecule has 3 atom stereocenters. The van der Waals surface area contributed by atoms with Gasteiger partial charge in [0, 0.05) is 12.6 Å². The molecule has 1 aliphatic rings. The van der Waals surface area contributed by atoms with Crippen molar-refractivity contribution >= 4 is 0 Å². The third-order valence-electron chi connectivity index (χ3n) is 4.14. The summed E-state index contributed by atoms with van der Waals surface area (Å²) in [5, 5.41) is 10.4. The van der Waals surface area contributed by atoms with Gasteiger partial charge in [0.2, 0.25) is 0 Å². The highest BCUT2D eigenvalue weighted by Gasteiger charge is 2.23. The summed E-state index contributed by atoms with van der Waals surface area (Å²) in [6.07, 6.45) is 3.61. The standard InChI is InChI=1S/C16H25NO/c1-13(12-17-11-7-6-8-14(17)2)16(18)15-9-4-3-5-10-15/h3-5,9-10,13-14,16,18H,6-8,11-12H2,1-2H3. The second kappa shape index (κ2) is 6.35. The molecule has 100 valence electrons. The molecule has 0 spiro atoms. The lowest BCUT2D eigenvalue weighted by Crippen LogP contribution is -2.41. The monoisotopic (exact) mass is 247 g/mol. The summed E-state index contributed by atoms with van der Waals surface area (Å²) in [5.41, 5.74) is 1.04. The van der Waals surface area contributed by atoms with Crippen LogP contribution < -0.4 is 0 Å². The molecule has 0 aliphatic carbocycles. The molecule has 0 bridgehead atoms. The Labute approximate surface area is 111 Å². The predicted molar refractivity (Wildman–Crippen MR) is 75.5 cm³/mol. The topological polar surface area (TPSA) is 23.5 Å². The summed E-state index contributed by atoms with van der Waals surface area (Å²) in [5.74, 6) is 0.285. The zero-order chi connectivity index (χ0) is 13.0. The highest BCUT2D eigenvalue weighted by molar-refractivity contribution is 5.17. The van der Waals surface area contributed by atoms with Gasteiger partial charge in [-0.25, -0.2) is 0 Å². The molecule has 3 unspecified atom stereocenters. The molecule has 1 fully saturated rings. The van der Waals surface area contributed by atoms with Crippen molar-refractivity contribution in [3.8, 4) is 0 Å². The highest BCUT2D eigenvalue weighted by Crippen LogP contribution is 2.25. The van der Waals surface area contributed by atoms with Gasteiger partial charge in [-0.2, -0.15) is 0 Å². The molecule has 1 aromatic carbocycles. The molecular weight excluding hydrogens is 222 g/mol. The maximum Gasteiger partial charge on any atom is 0.0827 e. The van der Waals surface area contributed by atoms with Crippen molar-refractivity contribution in [2.45, 2.75) is 45.3 Å². The van der Waals surface area contributed by atoms with E-state index in [1.807, 2.05) is 30.3 Å². The van der Waals surface area contributed by atoms with E-state index in [9.17, 15) is 5.11 Å². The minimum Gasteiger partial charge on any atom is -0.388 e. The molecule has 0 amide bonds. The Hall–Kier alpha value is -0.860. The lowest BCUT2D eigenvalue weighted by Gasteiger charge is -2.36. The smallest absolute Gasteiger partial charge is 0.0827 e. The summed E-state index contributed by atoms with van der Waals surface area (Å²) in [7, 11) is 0. The first kappa shape index (κ1) is 13.6. The summed E-state index contributed by atoms with van der Waals surface area (Å²) >= 11 is 0. The molecule has 2 heteroatoms. The number of piperidine rings is 1. The van der Waals surface area contributed by atoms with E-state index < -0.39 is 0 Å². The number of hydrogen-bond acceptors (Lipinski definition) is 2. The Bertz CT molecular complexity index is 351. The van der Waals surface area contributed by atoms with E-state index >= 15 is 0 Å². The van der Waals surface area contributed by atoms with Crippen molar-refractivity contribution in [3.05, 3.63) is 35.9 Å². The number of aliphatic hydroxyl groups excluding tert-OH is 1. The number of hydrogen-bond donors (Lipinski definition) is 1. The SMILES string of the molecule is CC(CN1CCCCC1C)C(O)c1ccccc1. The van der Waals surface area contributed by atoms with Crippen molar-refractivity contribution in [3.63, 3.8) is 0 Å². The average molecular weight is 247 g/mol. The quantitative estimate of drug-likeness (QED) is 0.883. The number of nitrogens with zero attached hydrogens (tertiary/aromatic N) is 1. The van der Waals surface area contributed by atoms with Gasteiger partial charge in [0.25, 0.3) is 0 Å². The molecule has 0 aromatic heterocycles. The molecule has 0 saturated carbocycles. The van der Waals surface area contributed by atoms with Crippen LogP contribution in [0.2, 0.25) is 0 Å². The molecule has 0 radical (unpaired) electrons. The van der Waals surface area contributed by atoms with Crippen LogP contribution in [0.1, 0.15) is 44.8 Å². The van der Waals surface area contributed by atoms with Crippen LogP contribution in [0.25, 0.3) is 0 Å². The summed E-state index contributed by atoms with van der Waals surface area (Å²) < 4.78 is 0. The minimum absolute atomic E-state index is 0.285. The van der Waals surface area contributed by atoms with E-state index in [-0.39, 0.29) is 12.0 Å². The molecular formula is C16H25NO. The van der Waals surface area contributed by atoms with E-state index in [1.165, 1.54) is 25.8 Å². The minimum atomic E-state index is -0.347. The van der Waals surface area contributed by atoms with Gasteiger partial charge in [-0.3, -0.25) is 0 Å². The van der Waals surface area contributed by atoms with Crippen LogP contribution in [-0.4, -0.2) is 29.1 Å². The van der Waals surface area contributed by atoms with Crippen LogP contribution in [0, 0.1) is 5.92 Å². The van der Waals surface area contributed by atoms with Crippen molar-refractivity contribution in [2.75, 3.05) is 13.1 Å². The number of rotatable bonds is 4. The van der Waals surface area contributed by atoms with Gasteiger partial charge in [0.05, 0.1) is 6.10 Å². The molecule has 1 aliphatic heterocycles. The molecule has 2 nitrogen and oxygen atoms in total. The Kier molecular flexibility index (Phi) is 4.79. The lowest BCUT2D eigenvalue weighted by atomic mass is 9.95. The fraction of sp³-hybridized carbons (Fsp3) is 0.625. The van der Waals surface area contributed by atoms with E-state index in [0.29, 0.717) is 6.04 Å². The van der Waals surface area contributed by atoms with Crippen LogP contribution in [0.4, 0.5) is 0 Å². The van der Waals surface area contributed by atoms with Crippen LogP contribution in [0.15, 0.2) is 30.3 Å². The number of benzene rings is 1. The average Bonchev–Trinajstić information content (AvgIpc) is 2.41. The third kappa shape index (κ3) is 3.33. The first-order valence-electron chi connectivity index (χ1n) is 7.15. The fourth-order valence-electron chi connectivity index (χ4n) is 2.88. The normalized spacial score (nSPS) is 24.7. The van der Waals surface area contributed by atoms with E-state index in [0.717, 1.165) is 12.1 Å². The Morgan fingerprint density at radius 2 is 2.00 bits per heavy atom. The summed E-state index contributed by atoms with van der Waals surface area (Å²) in [6.45, 7) is 6.64. The van der Waals surface area contributed by atoms with Crippen LogP contribution in [0.5, 0.6) is 0 Å². The molecule has 1 heterocycles. The Morgan fingerprint density at radius 1 is 1.28 bits per heavy atom.